The summed E-state index contributed by atoms with van der Waals surface area (Å²) in [7, 11) is 0. The Morgan fingerprint density at radius 2 is 1.96 bits per heavy atom. The third-order valence-corrected chi connectivity index (χ3v) is 4.01. The van der Waals surface area contributed by atoms with Crippen LogP contribution in [-0.4, -0.2) is 28.2 Å². The van der Waals surface area contributed by atoms with Crippen LogP contribution in [0.4, 0.5) is 10.2 Å². The summed E-state index contributed by atoms with van der Waals surface area (Å²) in [5.41, 5.74) is 0.743. The number of halogens is 1. The van der Waals surface area contributed by atoms with Crippen molar-refractivity contribution in [1.82, 2.24) is 9.88 Å². The maximum atomic E-state index is 13.0. The van der Waals surface area contributed by atoms with E-state index in [1.807, 2.05) is 30.3 Å². The quantitative estimate of drug-likeness (QED) is 0.939. The SMILES string of the molecule is O=C(Nc1ccc(F)cn1)[C@@H](c1ccccc1)N1CCCCC1=O. The van der Waals surface area contributed by atoms with Gasteiger partial charge in [-0.3, -0.25) is 9.59 Å². The minimum atomic E-state index is -0.717. The number of benzene rings is 1. The lowest BCUT2D eigenvalue weighted by Crippen LogP contribution is -2.43. The zero-order chi connectivity index (χ0) is 16.9. The van der Waals surface area contributed by atoms with Crippen molar-refractivity contribution >= 4 is 17.6 Å². The molecule has 2 amide bonds. The number of nitrogens with zero attached hydrogens (tertiary/aromatic N) is 2. The van der Waals surface area contributed by atoms with E-state index < -0.39 is 11.9 Å². The minimum absolute atomic E-state index is 0.0303. The molecule has 3 rings (SSSR count). The molecule has 2 aromatic rings. The van der Waals surface area contributed by atoms with Gasteiger partial charge >= 0.3 is 0 Å². The van der Waals surface area contributed by atoms with Crippen LogP contribution in [0.5, 0.6) is 0 Å². The monoisotopic (exact) mass is 327 g/mol. The molecule has 124 valence electrons. The van der Waals surface area contributed by atoms with E-state index in [-0.39, 0.29) is 17.6 Å². The van der Waals surface area contributed by atoms with Gasteiger partial charge in [0.2, 0.25) is 5.91 Å². The van der Waals surface area contributed by atoms with E-state index in [2.05, 4.69) is 10.3 Å². The normalized spacial score (nSPS) is 15.9. The minimum Gasteiger partial charge on any atom is -0.327 e. The van der Waals surface area contributed by atoms with Gasteiger partial charge in [0, 0.05) is 13.0 Å². The van der Waals surface area contributed by atoms with Crippen LogP contribution >= 0.6 is 0 Å². The number of carbonyl (C=O) groups excluding carboxylic acids is 2. The lowest BCUT2D eigenvalue weighted by molar-refractivity contribution is -0.141. The zero-order valence-corrected chi connectivity index (χ0v) is 13.1. The lowest BCUT2D eigenvalue weighted by atomic mass is 10.0. The van der Waals surface area contributed by atoms with Gasteiger partial charge in [-0.1, -0.05) is 30.3 Å². The average molecular weight is 327 g/mol. The van der Waals surface area contributed by atoms with Crippen molar-refractivity contribution < 1.29 is 14.0 Å². The molecule has 0 saturated carbocycles. The van der Waals surface area contributed by atoms with Crippen molar-refractivity contribution in [2.24, 2.45) is 0 Å². The Morgan fingerprint density at radius 3 is 2.62 bits per heavy atom. The summed E-state index contributed by atoms with van der Waals surface area (Å²) in [6.07, 6.45) is 3.21. The number of piperidine rings is 1. The van der Waals surface area contributed by atoms with Gasteiger partial charge < -0.3 is 10.2 Å². The Hall–Kier alpha value is -2.76. The first-order valence-electron chi connectivity index (χ1n) is 7.92. The van der Waals surface area contributed by atoms with Crippen molar-refractivity contribution in [1.29, 1.82) is 0 Å². The van der Waals surface area contributed by atoms with Gasteiger partial charge in [0.1, 0.15) is 17.7 Å². The summed E-state index contributed by atoms with van der Waals surface area (Å²) in [6.45, 7) is 0.544. The number of nitrogens with one attached hydrogen (secondary N) is 1. The van der Waals surface area contributed by atoms with Crippen LogP contribution in [0.2, 0.25) is 0 Å². The number of hydrogen-bond donors (Lipinski definition) is 1. The second kappa shape index (κ2) is 7.21. The Kier molecular flexibility index (Phi) is 4.84. The maximum absolute atomic E-state index is 13.0. The molecule has 2 heterocycles. The van der Waals surface area contributed by atoms with Gasteiger partial charge in [-0.25, -0.2) is 9.37 Å². The standard InChI is InChI=1S/C18H18FN3O2/c19-14-9-10-15(20-12-14)21-18(24)17(13-6-2-1-3-7-13)22-11-5-4-8-16(22)23/h1-3,6-7,9-10,12,17H,4-5,8,11H2,(H,20,21,24)/t17-/m1/s1. The fraction of sp³-hybridized carbons (Fsp3) is 0.278. The molecule has 0 unspecified atom stereocenters. The molecule has 0 aliphatic carbocycles. The van der Waals surface area contributed by atoms with Gasteiger partial charge in [0.05, 0.1) is 6.20 Å². The highest BCUT2D eigenvalue weighted by atomic mass is 19.1. The largest absolute Gasteiger partial charge is 0.327 e. The molecular weight excluding hydrogens is 309 g/mol. The molecule has 0 radical (unpaired) electrons. The maximum Gasteiger partial charge on any atom is 0.252 e. The molecule has 1 atom stereocenters. The van der Waals surface area contributed by atoms with Gasteiger partial charge in [0.25, 0.3) is 5.91 Å². The molecule has 1 fully saturated rings. The Balaban J connectivity index is 1.87. The topological polar surface area (TPSA) is 62.3 Å². The number of pyridine rings is 1. The molecule has 1 aromatic heterocycles. The van der Waals surface area contributed by atoms with Crippen molar-refractivity contribution in [3.05, 3.63) is 60.0 Å². The highest BCUT2D eigenvalue weighted by molar-refractivity contribution is 5.97. The van der Waals surface area contributed by atoms with Crippen LogP contribution in [0.25, 0.3) is 0 Å². The summed E-state index contributed by atoms with van der Waals surface area (Å²) in [6, 6.07) is 11.1. The molecular formula is C18H18FN3O2. The Labute approximate surface area is 139 Å². The van der Waals surface area contributed by atoms with Crippen molar-refractivity contribution in [3.63, 3.8) is 0 Å². The second-order valence-corrected chi connectivity index (χ2v) is 5.71. The van der Waals surface area contributed by atoms with E-state index in [1.54, 1.807) is 4.90 Å². The number of rotatable bonds is 4. The van der Waals surface area contributed by atoms with Crippen LogP contribution in [0.3, 0.4) is 0 Å². The number of hydrogen-bond acceptors (Lipinski definition) is 3. The molecule has 1 N–H and O–H groups in total. The number of anilines is 1. The number of amides is 2. The van der Waals surface area contributed by atoms with Crippen molar-refractivity contribution in [3.8, 4) is 0 Å². The first-order valence-corrected chi connectivity index (χ1v) is 7.92. The summed E-state index contributed by atoms with van der Waals surface area (Å²) in [4.78, 5) is 30.6. The predicted molar refractivity (Wildman–Crippen MR) is 87.6 cm³/mol. The average Bonchev–Trinajstić information content (AvgIpc) is 2.60. The van der Waals surface area contributed by atoms with Gasteiger partial charge in [0.15, 0.2) is 0 Å². The van der Waals surface area contributed by atoms with Gasteiger partial charge in [-0.05, 0) is 30.5 Å². The van der Waals surface area contributed by atoms with Gasteiger partial charge in [-0.15, -0.1) is 0 Å². The zero-order valence-electron chi connectivity index (χ0n) is 13.1. The van der Waals surface area contributed by atoms with Crippen molar-refractivity contribution in [2.45, 2.75) is 25.3 Å². The molecule has 24 heavy (non-hydrogen) atoms. The molecule has 1 aliphatic heterocycles. The van der Waals surface area contributed by atoms with E-state index in [1.165, 1.54) is 12.1 Å². The lowest BCUT2D eigenvalue weighted by Gasteiger charge is -2.34. The number of likely N-dealkylation sites (tertiary alicyclic amines) is 1. The van der Waals surface area contributed by atoms with Crippen LogP contribution in [0.1, 0.15) is 30.9 Å². The van der Waals surface area contributed by atoms with E-state index in [0.717, 1.165) is 24.6 Å². The number of aromatic nitrogens is 1. The van der Waals surface area contributed by atoms with Gasteiger partial charge in [-0.2, -0.15) is 0 Å². The van der Waals surface area contributed by atoms with Crippen LogP contribution in [0, 0.1) is 5.82 Å². The first kappa shape index (κ1) is 16.1. The second-order valence-electron chi connectivity index (χ2n) is 5.71. The molecule has 1 aliphatic rings. The van der Waals surface area contributed by atoms with Crippen LogP contribution in [-0.2, 0) is 9.59 Å². The fourth-order valence-corrected chi connectivity index (χ4v) is 2.85. The van der Waals surface area contributed by atoms with Crippen LogP contribution < -0.4 is 5.32 Å². The fourth-order valence-electron chi connectivity index (χ4n) is 2.85. The molecule has 0 bridgehead atoms. The molecule has 1 aromatic carbocycles. The molecule has 6 heteroatoms. The van der Waals surface area contributed by atoms with Crippen molar-refractivity contribution in [2.75, 3.05) is 11.9 Å². The van der Waals surface area contributed by atoms with E-state index in [4.69, 9.17) is 0 Å². The highest BCUT2D eigenvalue weighted by Crippen LogP contribution is 2.26. The summed E-state index contributed by atoms with van der Waals surface area (Å²) >= 11 is 0. The van der Waals surface area contributed by atoms with E-state index in [9.17, 15) is 14.0 Å². The summed E-state index contributed by atoms with van der Waals surface area (Å²) < 4.78 is 13.0. The van der Waals surface area contributed by atoms with E-state index >= 15 is 0 Å². The third kappa shape index (κ3) is 3.59. The third-order valence-electron chi connectivity index (χ3n) is 4.01. The smallest absolute Gasteiger partial charge is 0.252 e. The van der Waals surface area contributed by atoms with Crippen LogP contribution in [0.15, 0.2) is 48.7 Å². The summed E-state index contributed by atoms with van der Waals surface area (Å²) in [5.74, 6) is -0.599. The first-order chi connectivity index (χ1) is 11.6. The molecule has 1 saturated heterocycles. The highest BCUT2D eigenvalue weighted by Gasteiger charge is 2.32. The molecule has 5 nitrogen and oxygen atoms in total. The summed E-state index contributed by atoms with van der Waals surface area (Å²) in [5, 5.41) is 2.67. The Bertz CT molecular complexity index is 719. The number of carbonyl (C=O) groups is 2. The predicted octanol–water partition coefficient (Wildman–Crippen LogP) is 2.91. The Morgan fingerprint density at radius 1 is 1.17 bits per heavy atom. The van der Waals surface area contributed by atoms with E-state index in [0.29, 0.717) is 13.0 Å². The molecule has 0 spiro atoms.